The Morgan fingerprint density at radius 1 is 1.45 bits per heavy atom. The van der Waals surface area contributed by atoms with Gasteiger partial charge in [-0.1, -0.05) is 18.7 Å². The van der Waals surface area contributed by atoms with Gasteiger partial charge in [-0.3, -0.25) is 4.99 Å². The summed E-state index contributed by atoms with van der Waals surface area (Å²) in [5.74, 6) is 0. The molecule has 1 aromatic rings. The fraction of sp³-hybridized carbons (Fsp3) is 0.389. The first kappa shape index (κ1) is 16.3. The summed E-state index contributed by atoms with van der Waals surface area (Å²) in [6.45, 7) is 9.83. The first-order chi connectivity index (χ1) is 10.6. The summed E-state index contributed by atoms with van der Waals surface area (Å²) in [4.78, 5) is 6.53. The SMILES string of the molecule is C=Nc1cc(/C=C/C(=C)NC)ccc1NC1CCCN(C)C1. The number of piperidine rings is 1. The number of allylic oxidation sites excluding steroid dienone is 1. The lowest BCUT2D eigenvalue weighted by atomic mass is 10.1. The minimum atomic E-state index is 0.477. The van der Waals surface area contributed by atoms with Crippen LogP contribution in [0.5, 0.6) is 0 Å². The minimum absolute atomic E-state index is 0.477. The zero-order valence-corrected chi connectivity index (χ0v) is 13.6. The number of likely N-dealkylation sites (N-methyl/N-ethyl adjacent to an activating group) is 2. The molecule has 22 heavy (non-hydrogen) atoms. The van der Waals surface area contributed by atoms with Gasteiger partial charge in [-0.05, 0) is 56.9 Å². The molecule has 0 aliphatic carbocycles. The minimum Gasteiger partial charge on any atom is -0.389 e. The smallest absolute Gasteiger partial charge is 0.0859 e. The maximum Gasteiger partial charge on any atom is 0.0859 e. The second-order valence-electron chi connectivity index (χ2n) is 5.79. The second-order valence-corrected chi connectivity index (χ2v) is 5.79. The Bertz CT molecular complexity index is 562. The molecule has 0 amide bonds. The number of hydrogen-bond acceptors (Lipinski definition) is 4. The lowest BCUT2D eigenvalue weighted by Crippen LogP contribution is -2.39. The molecular formula is C18H26N4. The number of nitrogens with one attached hydrogen (secondary N) is 2. The topological polar surface area (TPSA) is 39.7 Å². The summed E-state index contributed by atoms with van der Waals surface area (Å²) in [6.07, 6.45) is 6.40. The van der Waals surface area contributed by atoms with Gasteiger partial charge in [0.05, 0.1) is 11.4 Å². The molecule has 2 N–H and O–H groups in total. The average Bonchev–Trinajstić information content (AvgIpc) is 2.53. The van der Waals surface area contributed by atoms with E-state index in [-0.39, 0.29) is 0 Å². The quantitative estimate of drug-likeness (QED) is 0.625. The van der Waals surface area contributed by atoms with Gasteiger partial charge in [-0.25, -0.2) is 0 Å². The van der Waals surface area contributed by atoms with Crippen molar-refractivity contribution in [1.29, 1.82) is 0 Å². The van der Waals surface area contributed by atoms with E-state index in [9.17, 15) is 0 Å². The van der Waals surface area contributed by atoms with E-state index in [2.05, 4.69) is 53.0 Å². The Balaban J connectivity index is 2.10. The second kappa shape index (κ2) is 7.80. The van der Waals surface area contributed by atoms with Crippen LogP contribution in [0.1, 0.15) is 18.4 Å². The van der Waals surface area contributed by atoms with Gasteiger partial charge in [0.2, 0.25) is 0 Å². The van der Waals surface area contributed by atoms with Gasteiger partial charge in [-0.15, -0.1) is 0 Å². The van der Waals surface area contributed by atoms with Crippen molar-refractivity contribution >= 4 is 24.2 Å². The van der Waals surface area contributed by atoms with Crippen molar-refractivity contribution < 1.29 is 0 Å². The van der Waals surface area contributed by atoms with Crippen molar-refractivity contribution in [3.63, 3.8) is 0 Å². The van der Waals surface area contributed by atoms with Crippen LogP contribution in [0.3, 0.4) is 0 Å². The highest BCUT2D eigenvalue weighted by Crippen LogP contribution is 2.28. The molecule has 0 saturated carbocycles. The van der Waals surface area contributed by atoms with Gasteiger partial charge in [-0.2, -0.15) is 0 Å². The van der Waals surface area contributed by atoms with E-state index in [1.54, 1.807) is 0 Å². The van der Waals surface area contributed by atoms with Gasteiger partial charge in [0.25, 0.3) is 0 Å². The molecule has 1 atom stereocenters. The van der Waals surface area contributed by atoms with Crippen LogP contribution in [0.4, 0.5) is 11.4 Å². The summed E-state index contributed by atoms with van der Waals surface area (Å²) >= 11 is 0. The molecule has 0 spiro atoms. The highest BCUT2D eigenvalue weighted by Gasteiger charge is 2.17. The molecule has 0 bridgehead atoms. The van der Waals surface area contributed by atoms with E-state index < -0.39 is 0 Å². The highest BCUT2D eigenvalue weighted by atomic mass is 15.1. The normalized spacial score (nSPS) is 19.1. The molecule has 1 fully saturated rings. The molecular weight excluding hydrogens is 272 g/mol. The van der Waals surface area contributed by atoms with Crippen molar-refractivity contribution in [1.82, 2.24) is 10.2 Å². The zero-order chi connectivity index (χ0) is 15.9. The van der Waals surface area contributed by atoms with Crippen LogP contribution in [-0.2, 0) is 0 Å². The Kier molecular flexibility index (Phi) is 5.78. The average molecular weight is 298 g/mol. The molecule has 0 radical (unpaired) electrons. The largest absolute Gasteiger partial charge is 0.389 e. The summed E-state index contributed by atoms with van der Waals surface area (Å²) in [5, 5.41) is 6.60. The number of nitrogens with zero attached hydrogens (tertiary/aromatic N) is 2. The molecule has 4 nitrogen and oxygen atoms in total. The number of anilines is 1. The standard InChI is InChI=1S/C18H26N4/c1-14(19-2)7-8-15-9-10-17(18(12-15)20-3)21-16-6-5-11-22(4)13-16/h7-10,12,16,19,21H,1,3,5-6,11,13H2,2,4H3/b8-7+. The summed E-state index contributed by atoms with van der Waals surface area (Å²) < 4.78 is 0. The van der Waals surface area contributed by atoms with Crippen molar-refractivity contribution in [2.75, 3.05) is 32.5 Å². The predicted octanol–water partition coefficient (Wildman–Crippen LogP) is 3.27. The van der Waals surface area contributed by atoms with Crippen molar-refractivity contribution in [2.45, 2.75) is 18.9 Å². The zero-order valence-electron chi connectivity index (χ0n) is 13.6. The fourth-order valence-electron chi connectivity index (χ4n) is 2.69. The van der Waals surface area contributed by atoms with E-state index in [0.717, 1.165) is 29.2 Å². The van der Waals surface area contributed by atoms with E-state index in [1.807, 2.05) is 25.3 Å². The predicted molar refractivity (Wildman–Crippen MR) is 97.0 cm³/mol. The Morgan fingerprint density at radius 3 is 2.95 bits per heavy atom. The summed E-state index contributed by atoms with van der Waals surface area (Å²) in [7, 11) is 4.03. The third kappa shape index (κ3) is 4.46. The van der Waals surface area contributed by atoms with Gasteiger partial charge < -0.3 is 15.5 Å². The molecule has 1 aromatic carbocycles. The Hall–Kier alpha value is -2.07. The maximum absolute atomic E-state index is 4.16. The number of likely N-dealkylation sites (tertiary alicyclic amines) is 1. The number of benzene rings is 1. The third-order valence-electron chi connectivity index (χ3n) is 3.97. The van der Waals surface area contributed by atoms with Gasteiger partial charge in [0.15, 0.2) is 0 Å². The van der Waals surface area contributed by atoms with E-state index >= 15 is 0 Å². The van der Waals surface area contributed by atoms with Crippen LogP contribution < -0.4 is 10.6 Å². The lowest BCUT2D eigenvalue weighted by Gasteiger charge is -2.31. The molecule has 4 heteroatoms. The Morgan fingerprint density at radius 2 is 2.27 bits per heavy atom. The fourth-order valence-corrected chi connectivity index (χ4v) is 2.69. The number of hydrogen-bond donors (Lipinski definition) is 2. The lowest BCUT2D eigenvalue weighted by molar-refractivity contribution is 0.261. The van der Waals surface area contributed by atoms with Crippen LogP contribution in [0.15, 0.2) is 41.5 Å². The van der Waals surface area contributed by atoms with E-state index in [4.69, 9.17) is 0 Å². The summed E-state index contributed by atoms with van der Waals surface area (Å²) in [5.41, 5.74) is 3.91. The highest BCUT2D eigenvalue weighted by molar-refractivity contribution is 5.72. The van der Waals surface area contributed by atoms with Crippen molar-refractivity contribution in [3.8, 4) is 0 Å². The van der Waals surface area contributed by atoms with Crippen molar-refractivity contribution in [2.24, 2.45) is 4.99 Å². The first-order valence-electron chi connectivity index (χ1n) is 7.73. The van der Waals surface area contributed by atoms with Crippen LogP contribution in [-0.4, -0.2) is 44.8 Å². The van der Waals surface area contributed by atoms with Gasteiger partial charge in [0, 0.05) is 25.3 Å². The molecule has 118 valence electrons. The van der Waals surface area contributed by atoms with E-state index in [0.29, 0.717) is 6.04 Å². The molecule has 1 saturated heterocycles. The van der Waals surface area contributed by atoms with Gasteiger partial charge in [0.1, 0.15) is 0 Å². The molecule has 1 aliphatic heterocycles. The van der Waals surface area contributed by atoms with Crippen LogP contribution in [0.25, 0.3) is 6.08 Å². The van der Waals surface area contributed by atoms with Crippen molar-refractivity contribution in [3.05, 3.63) is 42.1 Å². The maximum atomic E-state index is 4.16. The third-order valence-corrected chi connectivity index (χ3v) is 3.97. The summed E-state index contributed by atoms with van der Waals surface area (Å²) in [6, 6.07) is 6.69. The molecule has 2 rings (SSSR count). The van der Waals surface area contributed by atoms with Crippen LogP contribution in [0.2, 0.25) is 0 Å². The monoisotopic (exact) mass is 298 g/mol. The van der Waals surface area contributed by atoms with Crippen LogP contribution in [0, 0.1) is 0 Å². The Labute approximate surface area is 133 Å². The van der Waals surface area contributed by atoms with E-state index in [1.165, 1.54) is 19.4 Å². The molecule has 0 aromatic heterocycles. The molecule has 1 heterocycles. The molecule has 1 aliphatic rings. The number of aliphatic imine (C=N–C) groups is 1. The molecule has 1 unspecified atom stereocenters. The number of rotatable bonds is 6. The van der Waals surface area contributed by atoms with Crippen LogP contribution >= 0.6 is 0 Å². The van der Waals surface area contributed by atoms with Gasteiger partial charge >= 0.3 is 0 Å². The first-order valence-corrected chi connectivity index (χ1v) is 7.73.